The molecule has 1 heterocycles. The third-order valence-corrected chi connectivity index (χ3v) is 2.99. The minimum Gasteiger partial charge on any atom is -0.400 e. The Bertz CT molecular complexity index is 702. The largest absolute Gasteiger partial charge is 0.433 e. The van der Waals surface area contributed by atoms with Crippen LogP contribution in [0.1, 0.15) is 41.4 Å². The lowest BCUT2D eigenvalue weighted by Crippen LogP contribution is -2.17. The van der Waals surface area contributed by atoms with Crippen LogP contribution in [0.5, 0.6) is 0 Å². The molecule has 2 aromatic rings. The lowest BCUT2D eigenvalue weighted by molar-refractivity contribution is -0.402. The van der Waals surface area contributed by atoms with Crippen molar-refractivity contribution in [3.63, 3.8) is 0 Å². The second-order valence-electron chi connectivity index (χ2n) is 4.91. The van der Waals surface area contributed by atoms with Crippen molar-refractivity contribution in [3.05, 3.63) is 63.4 Å². The van der Waals surface area contributed by atoms with Crippen LogP contribution in [0.2, 0.25) is 0 Å². The van der Waals surface area contributed by atoms with Gasteiger partial charge in [-0.1, -0.05) is 26.0 Å². The molecule has 0 aliphatic rings. The summed E-state index contributed by atoms with van der Waals surface area (Å²) in [5.41, 5.74) is 3.96. The van der Waals surface area contributed by atoms with Gasteiger partial charge in [-0.15, -0.1) is 0 Å². The molecule has 0 saturated heterocycles. The van der Waals surface area contributed by atoms with E-state index in [1.807, 2.05) is 12.1 Å². The van der Waals surface area contributed by atoms with Gasteiger partial charge in [0, 0.05) is 5.56 Å². The molecule has 0 aliphatic heterocycles. The van der Waals surface area contributed by atoms with E-state index in [0.717, 1.165) is 5.56 Å². The van der Waals surface area contributed by atoms with Crippen LogP contribution in [0.3, 0.4) is 0 Å². The fourth-order valence-electron chi connectivity index (χ4n) is 1.75. The van der Waals surface area contributed by atoms with E-state index in [-0.39, 0.29) is 17.6 Å². The summed E-state index contributed by atoms with van der Waals surface area (Å²) in [6.07, 6.45) is 1.20. The summed E-state index contributed by atoms with van der Waals surface area (Å²) in [6, 6.07) is 9.83. The predicted octanol–water partition coefficient (Wildman–Crippen LogP) is 3.08. The lowest BCUT2D eigenvalue weighted by Gasteiger charge is -2.05. The zero-order valence-corrected chi connectivity index (χ0v) is 12.1. The van der Waals surface area contributed by atoms with Crippen molar-refractivity contribution in [2.24, 2.45) is 5.10 Å². The molecule has 0 atom stereocenters. The first-order valence-corrected chi connectivity index (χ1v) is 6.65. The molecule has 1 N–H and O–H groups in total. The number of carbonyl (C=O) groups is 1. The highest BCUT2D eigenvalue weighted by Gasteiger charge is 2.10. The first kappa shape index (κ1) is 15.4. The molecule has 0 bridgehead atoms. The highest BCUT2D eigenvalue weighted by atomic mass is 16.6. The van der Waals surface area contributed by atoms with Gasteiger partial charge in [0.1, 0.15) is 4.92 Å². The van der Waals surface area contributed by atoms with Crippen LogP contribution in [0.4, 0.5) is 5.88 Å². The Hall–Kier alpha value is -2.96. The number of nitro groups is 1. The lowest BCUT2D eigenvalue weighted by atomic mass is 10.0. The van der Waals surface area contributed by atoms with Gasteiger partial charge in [-0.3, -0.25) is 14.9 Å². The van der Waals surface area contributed by atoms with Crippen LogP contribution in [0.25, 0.3) is 0 Å². The third-order valence-electron chi connectivity index (χ3n) is 2.99. The van der Waals surface area contributed by atoms with Crippen molar-refractivity contribution in [2.75, 3.05) is 0 Å². The smallest absolute Gasteiger partial charge is 0.400 e. The molecule has 1 amide bonds. The molecule has 0 aliphatic carbocycles. The van der Waals surface area contributed by atoms with Crippen molar-refractivity contribution in [1.29, 1.82) is 0 Å². The number of furan rings is 1. The van der Waals surface area contributed by atoms with E-state index in [2.05, 4.69) is 24.4 Å². The van der Waals surface area contributed by atoms with E-state index in [1.165, 1.54) is 18.3 Å². The number of benzene rings is 1. The number of amides is 1. The summed E-state index contributed by atoms with van der Waals surface area (Å²) >= 11 is 0. The summed E-state index contributed by atoms with van der Waals surface area (Å²) in [6.45, 7) is 4.14. The Morgan fingerprint density at radius 3 is 2.50 bits per heavy atom. The van der Waals surface area contributed by atoms with Crippen LogP contribution in [-0.4, -0.2) is 17.0 Å². The van der Waals surface area contributed by atoms with E-state index in [4.69, 9.17) is 4.42 Å². The highest BCUT2D eigenvalue weighted by molar-refractivity contribution is 5.94. The Kier molecular flexibility index (Phi) is 4.67. The van der Waals surface area contributed by atoms with Crippen molar-refractivity contribution in [1.82, 2.24) is 5.43 Å². The molecule has 0 radical (unpaired) electrons. The van der Waals surface area contributed by atoms with Gasteiger partial charge in [-0.25, -0.2) is 5.43 Å². The van der Waals surface area contributed by atoms with E-state index < -0.39 is 4.92 Å². The van der Waals surface area contributed by atoms with Crippen molar-refractivity contribution in [2.45, 2.75) is 19.8 Å². The van der Waals surface area contributed by atoms with E-state index >= 15 is 0 Å². The highest BCUT2D eigenvalue weighted by Crippen LogP contribution is 2.15. The van der Waals surface area contributed by atoms with Gasteiger partial charge in [0.25, 0.3) is 5.91 Å². The average molecular weight is 301 g/mol. The summed E-state index contributed by atoms with van der Waals surface area (Å²) in [4.78, 5) is 21.7. The molecule has 0 saturated carbocycles. The monoisotopic (exact) mass is 301 g/mol. The fourth-order valence-corrected chi connectivity index (χ4v) is 1.75. The summed E-state index contributed by atoms with van der Waals surface area (Å²) < 4.78 is 4.87. The molecular formula is C15H15N3O4. The second-order valence-corrected chi connectivity index (χ2v) is 4.91. The summed E-state index contributed by atoms with van der Waals surface area (Å²) in [5.74, 6) is -0.170. The maximum absolute atomic E-state index is 11.9. The van der Waals surface area contributed by atoms with Crippen molar-refractivity contribution in [3.8, 4) is 0 Å². The van der Waals surface area contributed by atoms with Crippen LogP contribution in [0, 0.1) is 10.1 Å². The molecule has 114 valence electrons. The molecule has 7 heteroatoms. The molecule has 7 nitrogen and oxygen atoms in total. The number of hydrazone groups is 1. The fraction of sp³-hybridized carbons (Fsp3) is 0.200. The van der Waals surface area contributed by atoms with Gasteiger partial charge >= 0.3 is 5.88 Å². The average Bonchev–Trinajstić information content (AvgIpc) is 2.96. The Morgan fingerprint density at radius 2 is 1.95 bits per heavy atom. The number of hydrogen-bond donors (Lipinski definition) is 1. The molecular weight excluding hydrogens is 286 g/mol. The number of rotatable bonds is 5. The van der Waals surface area contributed by atoms with E-state index in [1.54, 1.807) is 12.1 Å². The molecule has 0 spiro atoms. The minimum atomic E-state index is -0.647. The number of hydrogen-bond acceptors (Lipinski definition) is 5. The van der Waals surface area contributed by atoms with Crippen LogP contribution in [0.15, 0.2) is 45.9 Å². The predicted molar refractivity (Wildman–Crippen MR) is 81.0 cm³/mol. The third kappa shape index (κ3) is 3.78. The van der Waals surface area contributed by atoms with Gasteiger partial charge in [0.15, 0.2) is 5.76 Å². The van der Waals surface area contributed by atoms with Crippen molar-refractivity contribution < 1.29 is 14.1 Å². The van der Waals surface area contributed by atoms with Gasteiger partial charge in [0.2, 0.25) is 0 Å². The van der Waals surface area contributed by atoms with Crippen molar-refractivity contribution >= 4 is 18.0 Å². The number of nitrogens with one attached hydrogen (secondary N) is 1. The maximum Gasteiger partial charge on any atom is 0.433 e. The Balaban J connectivity index is 1.96. The zero-order valence-electron chi connectivity index (χ0n) is 12.1. The quantitative estimate of drug-likeness (QED) is 0.521. The van der Waals surface area contributed by atoms with Gasteiger partial charge in [-0.2, -0.15) is 5.10 Å². The molecule has 0 fully saturated rings. The van der Waals surface area contributed by atoms with Crippen LogP contribution in [-0.2, 0) is 0 Å². The molecule has 1 aromatic carbocycles. The minimum absolute atomic E-state index is 0.183. The van der Waals surface area contributed by atoms with Crippen LogP contribution < -0.4 is 5.43 Å². The first-order valence-electron chi connectivity index (χ1n) is 6.65. The van der Waals surface area contributed by atoms with Crippen LogP contribution >= 0.6 is 0 Å². The molecule has 2 rings (SSSR count). The Morgan fingerprint density at radius 1 is 1.27 bits per heavy atom. The molecule has 0 unspecified atom stereocenters. The Labute approximate surface area is 126 Å². The summed E-state index contributed by atoms with van der Waals surface area (Å²) in [5, 5.41) is 14.2. The van der Waals surface area contributed by atoms with Gasteiger partial charge in [-0.05, 0) is 29.7 Å². The SMILES string of the molecule is CC(C)c1ccc(C(=O)N/N=C/c2ccc([N+](=O)[O-])o2)cc1. The zero-order chi connectivity index (χ0) is 16.1. The number of carbonyl (C=O) groups excluding carboxylic acids is 1. The van der Waals surface area contributed by atoms with Gasteiger partial charge < -0.3 is 4.42 Å². The molecule has 22 heavy (non-hydrogen) atoms. The van der Waals surface area contributed by atoms with E-state index in [9.17, 15) is 14.9 Å². The normalized spacial score (nSPS) is 11.0. The second kappa shape index (κ2) is 6.66. The van der Waals surface area contributed by atoms with Gasteiger partial charge in [0.05, 0.1) is 12.3 Å². The summed E-state index contributed by atoms with van der Waals surface area (Å²) in [7, 11) is 0. The first-order chi connectivity index (χ1) is 10.5. The molecule has 1 aromatic heterocycles. The number of nitrogens with zero attached hydrogens (tertiary/aromatic N) is 2. The standard InChI is InChI=1S/C15H15N3O4/c1-10(2)11-3-5-12(6-4-11)15(19)17-16-9-13-7-8-14(22-13)18(20)21/h3-10H,1-2H3,(H,17,19)/b16-9+. The van der Waals surface area contributed by atoms with E-state index in [0.29, 0.717) is 11.5 Å². The maximum atomic E-state index is 11.9. The topological polar surface area (TPSA) is 97.7 Å².